The third kappa shape index (κ3) is 2.03. The summed E-state index contributed by atoms with van der Waals surface area (Å²) in [6, 6.07) is 5.80. The minimum atomic E-state index is -0.425. The summed E-state index contributed by atoms with van der Waals surface area (Å²) in [4.78, 5) is 11.5. The van der Waals surface area contributed by atoms with E-state index in [9.17, 15) is 10.1 Å². The molecule has 6 unspecified atom stereocenters. The van der Waals surface area contributed by atoms with Gasteiger partial charge in [0.1, 0.15) is 5.75 Å². The zero-order chi connectivity index (χ0) is 15.3. The molecular weight excluding hydrogens is 266 g/mol. The van der Waals surface area contributed by atoms with E-state index in [-0.39, 0.29) is 22.7 Å². The van der Waals surface area contributed by atoms with Crippen molar-refractivity contribution in [3.05, 3.63) is 39.4 Å². The van der Waals surface area contributed by atoms with Gasteiger partial charge in [0.25, 0.3) is 0 Å². The van der Waals surface area contributed by atoms with Crippen LogP contribution < -0.4 is 4.74 Å². The van der Waals surface area contributed by atoms with Crippen LogP contribution in [0.4, 0.5) is 0 Å². The summed E-state index contributed by atoms with van der Waals surface area (Å²) >= 11 is 0. The first-order chi connectivity index (χ1) is 9.95. The van der Waals surface area contributed by atoms with Crippen molar-refractivity contribution in [3.8, 4) is 5.75 Å². The van der Waals surface area contributed by atoms with Gasteiger partial charge in [-0.1, -0.05) is 26.8 Å². The van der Waals surface area contributed by atoms with Gasteiger partial charge >= 0.3 is 0 Å². The average Bonchev–Trinajstić information content (AvgIpc) is 2.44. The van der Waals surface area contributed by atoms with E-state index in [1.165, 1.54) is 11.1 Å². The van der Waals surface area contributed by atoms with Crippen LogP contribution in [0.15, 0.2) is 18.2 Å². The SMILES string of the molecule is COc1ccc2c(c1)CC1C(C)C2C(C)C([N+](=O)[O-])C1C. The summed E-state index contributed by atoms with van der Waals surface area (Å²) in [5.41, 5.74) is 2.62. The molecule has 0 N–H and O–H groups in total. The van der Waals surface area contributed by atoms with Gasteiger partial charge in [-0.3, -0.25) is 10.1 Å². The van der Waals surface area contributed by atoms with Crippen LogP contribution in [0.5, 0.6) is 5.75 Å². The Kier molecular flexibility index (Phi) is 3.42. The molecule has 2 aliphatic rings. The molecule has 1 saturated carbocycles. The molecule has 4 nitrogen and oxygen atoms in total. The van der Waals surface area contributed by atoms with Crippen molar-refractivity contribution in [2.75, 3.05) is 7.11 Å². The maximum atomic E-state index is 11.5. The van der Waals surface area contributed by atoms with E-state index in [4.69, 9.17) is 4.74 Å². The number of fused-ring (bicyclic) bond motifs is 4. The number of rotatable bonds is 2. The Hall–Kier alpha value is -1.58. The van der Waals surface area contributed by atoms with Crippen molar-refractivity contribution >= 4 is 0 Å². The minimum Gasteiger partial charge on any atom is -0.497 e. The van der Waals surface area contributed by atoms with Gasteiger partial charge in [0.15, 0.2) is 0 Å². The van der Waals surface area contributed by atoms with Gasteiger partial charge in [-0.05, 0) is 47.4 Å². The number of nitro groups is 1. The molecule has 3 rings (SSSR count). The first-order valence-corrected chi connectivity index (χ1v) is 7.76. The van der Waals surface area contributed by atoms with E-state index in [1.807, 2.05) is 6.07 Å². The first kappa shape index (κ1) is 14.4. The van der Waals surface area contributed by atoms with E-state index in [0.29, 0.717) is 11.8 Å². The van der Waals surface area contributed by atoms with Gasteiger partial charge in [0.05, 0.1) is 7.11 Å². The maximum absolute atomic E-state index is 11.5. The Morgan fingerprint density at radius 1 is 1.19 bits per heavy atom. The van der Waals surface area contributed by atoms with Crippen LogP contribution in [-0.2, 0) is 6.42 Å². The quantitative estimate of drug-likeness (QED) is 0.618. The van der Waals surface area contributed by atoms with Gasteiger partial charge < -0.3 is 4.74 Å². The number of hydrogen-bond acceptors (Lipinski definition) is 3. The zero-order valence-corrected chi connectivity index (χ0v) is 13.1. The number of ether oxygens (including phenoxy) is 1. The number of hydrogen-bond donors (Lipinski definition) is 0. The first-order valence-electron chi connectivity index (χ1n) is 7.76. The summed E-state index contributed by atoms with van der Waals surface area (Å²) in [5.74, 6) is 2.27. The smallest absolute Gasteiger partial charge is 0.219 e. The fourth-order valence-electron chi connectivity index (χ4n) is 4.96. The van der Waals surface area contributed by atoms with Gasteiger partial charge in [0, 0.05) is 16.8 Å². The van der Waals surface area contributed by atoms with Crippen molar-refractivity contribution < 1.29 is 9.66 Å². The van der Waals surface area contributed by atoms with Crippen molar-refractivity contribution in [2.24, 2.45) is 23.7 Å². The third-order valence-corrected chi connectivity index (χ3v) is 5.97. The number of nitrogens with zero attached hydrogens (tertiary/aromatic N) is 1. The number of benzene rings is 1. The zero-order valence-electron chi connectivity index (χ0n) is 13.1. The van der Waals surface area contributed by atoms with Crippen molar-refractivity contribution in [1.29, 1.82) is 0 Å². The lowest BCUT2D eigenvalue weighted by atomic mass is 9.54. The standard InChI is InChI=1S/C17H23NO3/c1-9-15-8-12-7-13(21-4)5-6-14(12)16(9)11(3)17(10(15)2)18(19)20/h5-7,9-11,15-17H,8H2,1-4H3. The lowest BCUT2D eigenvalue weighted by Crippen LogP contribution is -2.51. The second-order valence-electron chi connectivity index (χ2n) is 6.81. The summed E-state index contributed by atoms with van der Waals surface area (Å²) in [6.45, 7) is 6.39. The molecule has 21 heavy (non-hydrogen) atoms. The molecule has 0 amide bonds. The molecule has 1 fully saturated rings. The highest BCUT2D eigenvalue weighted by Crippen LogP contribution is 2.53. The Morgan fingerprint density at radius 3 is 2.52 bits per heavy atom. The van der Waals surface area contributed by atoms with Crippen LogP contribution in [0.25, 0.3) is 0 Å². The van der Waals surface area contributed by atoms with Gasteiger partial charge in [-0.2, -0.15) is 0 Å². The predicted octanol–water partition coefficient (Wildman–Crippen LogP) is 3.52. The fraction of sp³-hybridized carbons (Fsp3) is 0.647. The van der Waals surface area contributed by atoms with Crippen molar-refractivity contribution in [2.45, 2.75) is 39.2 Å². The van der Waals surface area contributed by atoms with Crippen LogP contribution in [0.2, 0.25) is 0 Å². The highest BCUT2D eigenvalue weighted by atomic mass is 16.6. The van der Waals surface area contributed by atoms with E-state index >= 15 is 0 Å². The second-order valence-corrected chi connectivity index (χ2v) is 6.81. The lowest BCUT2D eigenvalue weighted by molar-refractivity contribution is -0.548. The van der Waals surface area contributed by atoms with Crippen LogP contribution >= 0.6 is 0 Å². The Balaban J connectivity index is 2.09. The summed E-state index contributed by atoms with van der Waals surface area (Å²) in [6.07, 6.45) is 0.933. The van der Waals surface area contributed by atoms with Crippen LogP contribution in [0, 0.1) is 33.8 Å². The Morgan fingerprint density at radius 2 is 1.90 bits per heavy atom. The molecule has 2 bridgehead atoms. The van der Waals surface area contributed by atoms with Crippen molar-refractivity contribution in [1.82, 2.24) is 0 Å². The molecule has 1 aromatic carbocycles. The van der Waals surface area contributed by atoms with Gasteiger partial charge in [-0.25, -0.2) is 0 Å². The summed E-state index contributed by atoms with van der Waals surface area (Å²) < 4.78 is 5.33. The third-order valence-electron chi connectivity index (χ3n) is 5.97. The minimum absolute atomic E-state index is 0.0459. The molecular formula is C17H23NO3. The second kappa shape index (κ2) is 5.00. The van der Waals surface area contributed by atoms with E-state index in [1.54, 1.807) is 7.11 Å². The fourth-order valence-corrected chi connectivity index (χ4v) is 4.96. The molecule has 0 aliphatic heterocycles. The summed E-state index contributed by atoms with van der Waals surface area (Å²) in [5, 5.41) is 11.5. The van der Waals surface area contributed by atoms with Gasteiger partial charge in [-0.15, -0.1) is 0 Å². The van der Waals surface area contributed by atoms with Gasteiger partial charge in [0.2, 0.25) is 6.04 Å². The van der Waals surface area contributed by atoms with Crippen molar-refractivity contribution in [3.63, 3.8) is 0 Å². The topological polar surface area (TPSA) is 52.4 Å². The number of methoxy groups -OCH3 is 1. The van der Waals surface area contributed by atoms with E-state index < -0.39 is 6.04 Å². The highest BCUT2D eigenvalue weighted by molar-refractivity contribution is 5.41. The molecule has 6 atom stereocenters. The molecule has 1 aromatic rings. The lowest BCUT2D eigenvalue weighted by Gasteiger charge is -2.49. The molecule has 0 aromatic heterocycles. The average molecular weight is 289 g/mol. The molecule has 0 heterocycles. The molecule has 114 valence electrons. The maximum Gasteiger partial charge on any atom is 0.219 e. The van der Waals surface area contributed by atoms with E-state index in [2.05, 4.69) is 32.9 Å². The summed E-state index contributed by atoms with van der Waals surface area (Å²) in [7, 11) is 1.68. The molecule has 0 radical (unpaired) electrons. The molecule has 4 heteroatoms. The van der Waals surface area contributed by atoms with Crippen LogP contribution in [0.1, 0.15) is 37.8 Å². The van der Waals surface area contributed by atoms with Crippen LogP contribution in [-0.4, -0.2) is 18.1 Å². The predicted molar refractivity (Wildman–Crippen MR) is 81.2 cm³/mol. The normalized spacial score (nSPS) is 37.7. The molecule has 0 spiro atoms. The Bertz CT molecular complexity index is 571. The molecule has 2 aliphatic carbocycles. The monoisotopic (exact) mass is 289 g/mol. The van der Waals surface area contributed by atoms with Crippen LogP contribution in [0.3, 0.4) is 0 Å². The Labute approximate surface area is 125 Å². The highest BCUT2D eigenvalue weighted by Gasteiger charge is 2.53. The largest absolute Gasteiger partial charge is 0.497 e. The van der Waals surface area contributed by atoms with E-state index in [0.717, 1.165) is 12.2 Å². The molecule has 0 saturated heterocycles.